The van der Waals surface area contributed by atoms with Gasteiger partial charge in [0.2, 0.25) is 5.91 Å². The Morgan fingerprint density at radius 1 is 1.46 bits per heavy atom. The van der Waals surface area contributed by atoms with Crippen LogP contribution in [-0.2, 0) is 4.79 Å². The lowest BCUT2D eigenvalue weighted by atomic mass is 9.94. The van der Waals surface area contributed by atoms with Gasteiger partial charge in [0.05, 0.1) is 12.1 Å². The van der Waals surface area contributed by atoms with Gasteiger partial charge in [0.25, 0.3) is 0 Å². The molecule has 0 unspecified atom stereocenters. The van der Waals surface area contributed by atoms with Crippen molar-refractivity contribution in [2.75, 3.05) is 13.2 Å². The van der Waals surface area contributed by atoms with Crippen LogP contribution in [0.15, 0.2) is 0 Å². The number of carbonyl (C=O) groups is 1. The average Bonchev–Trinajstić information content (AvgIpc) is 2.15. The number of aliphatic hydroxyl groups is 1. The maximum absolute atomic E-state index is 11.2. The topological polar surface area (TPSA) is 75.3 Å². The lowest BCUT2D eigenvalue weighted by Crippen LogP contribution is -2.50. The Morgan fingerprint density at radius 3 is 2.31 bits per heavy atom. The van der Waals surface area contributed by atoms with Gasteiger partial charge in [0, 0.05) is 13.0 Å². The molecule has 0 aliphatic rings. The van der Waals surface area contributed by atoms with E-state index in [2.05, 4.69) is 5.32 Å². The van der Waals surface area contributed by atoms with Crippen molar-refractivity contribution in [3.8, 4) is 0 Å². The summed E-state index contributed by atoms with van der Waals surface area (Å²) in [6.07, 6.45) is 1.79. The standard InChI is InChI=1S/C9H20N2O2/c1-3-9(4-2,7-12)11-8(13)5-6-10/h12H,3-7,10H2,1-2H3,(H,11,13). The van der Waals surface area contributed by atoms with Gasteiger partial charge in [-0.3, -0.25) is 4.79 Å². The highest BCUT2D eigenvalue weighted by molar-refractivity contribution is 5.76. The molecule has 78 valence electrons. The van der Waals surface area contributed by atoms with Gasteiger partial charge in [-0.1, -0.05) is 13.8 Å². The van der Waals surface area contributed by atoms with Gasteiger partial charge in [-0.15, -0.1) is 0 Å². The van der Waals surface area contributed by atoms with Gasteiger partial charge in [0.1, 0.15) is 0 Å². The monoisotopic (exact) mass is 188 g/mol. The van der Waals surface area contributed by atoms with E-state index in [-0.39, 0.29) is 12.5 Å². The summed E-state index contributed by atoms with van der Waals surface area (Å²) >= 11 is 0. The Morgan fingerprint density at radius 2 is 2.00 bits per heavy atom. The fraction of sp³-hybridized carbons (Fsp3) is 0.889. The number of carbonyl (C=O) groups excluding carboxylic acids is 1. The van der Waals surface area contributed by atoms with E-state index in [4.69, 9.17) is 10.8 Å². The minimum Gasteiger partial charge on any atom is -0.394 e. The molecule has 0 heterocycles. The highest BCUT2D eigenvalue weighted by Crippen LogP contribution is 2.13. The Bertz CT molecular complexity index is 147. The summed E-state index contributed by atoms with van der Waals surface area (Å²) in [6.45, 7) is 4.22. The van der Waals surface area contributed by atoms with Crippen molar-refractivity contribution in [1.29, 1.82) is 0 Å². The molecule has 4 heteroatoms. The zero-order valence-corrected chi connectivity index (χ0v) is 8.47. The highest BCUT2D eigenvalue weighted by Gasteiger charge is 2.26. The molecule has 0 spiro atoms. The van der Waals surface area contributed by atoms with Crippen molar-refractivity contribution in [2.24, 2.45) is 5.73 Å². The summed E-state index contributed by atoms with van der Waals surface area (Å²) < 4.78 is 0. The Kier molecular flexibility index (Phi) is 5.66. The van der Waals surface area contributed by atoms with Crippen LogP contribution in [0.3, 0.4) is 0 Å². The summed E-state index contributed by atoms with van der Waals surface area (Å²) in [6, 6.07) is 0. The van der Waals surface area contributed by atoms with Crippen molar-refractivity contribution < 1.29 is 9.90 Å². The molecular weight excluding hydrogens is 168 g/mol. The molecule has 0 aliphatic carbocycles. The van der Waals surface area contributed by atoms with Crippen molar-refractivity contribution >= 4 is 5.91 Å². The van der Waals surface area contributed by atoms with Crippen LogP contribution in [0.25, 0.3) is 0 Å². The summed E-state index contributed by atoms with van der Waals surface area (Å²) in [4.78, 5) is 11.2. The van der Waals surface area contributed by atoms with Gasteiger partial charge in [0.15, 0.2) is 0 Å². The van der Waals surface area contributed by atoms with E-state index < -0.39 is 5.54 Å². The number of amides is 1. The van der Waals surface area contributed by atoms with Crippen molar-refractivity contribution in [1.82, 2.24) is 5.32 Å². The Balaban J connectivity index is 4.16. The van der Waals surface area contributed by atoms with Gasteiger partial charge in [-0.25, -0.2) is 0 Å². The zero-order chi connectivity index (χ0) is 10.3. The second-order valence-corrected chi connectivity index (χ2v) is 3.23. The first-order valence-corrected chi connectivity index (χ1v) is 4.76. The van der Waals surface area contributed by atoms with Gasteiger partial charge in [-0.2, -0.15) is 0 Å². The number of nitrogens with two attached hydrogens (primary N) is 1. The average molecular weight is 188 g/mol. The number of nitrogens with one attached hydrogen (secondary N) is 1. The third-order valence-electron chi connectivity index (χ3n) is 2.43. The van der Waals surface area contributed by atoms with Crippen LogP contribution in [0.1, 0.15) is 33.1 Å². The first-order chi connectivity index (χ1) is 6.14. The fourth-order valence-electron chi connectivity index (χ4n) is 1.18. The van der Waals surface area contributed by atoms with Crippen LogP contribution < -0.4 is 11.1 Å². The largest absolute Gasteiger partial charge is 0.394 e. The van der Waals surface area contributed by atoms with E-state index in [1.54, 1.807) is 0 Å². The lowest BCUT2D eigenvalue weighted by Gasteiger charge is -2.30. The third kappa shape index (κ3) is 3.74. The molecule has 0 fully saturated rings. The number of hydrogen-bond donors (Lipinski definition) is 3. The molecule has 13 heavy (non-hydrogen) atoms. The second kappa shape index (κ2) is 5.94. The molecule has 0 bridgehead atoms. The van der Waals surface area contributed by atoms with Crippen LogP contribution >= 0.6 is 0 Å². The molecule has 0 atom stereocenters. The minimum atomic E-state index is -0.452. The molecule has 0 aromatic heterocycles. The molecule has 0 saturated heterocycles. The van der Waals surface area contributed by atoms with Crippen LogP contribution in [-0.4, -0.2) is 29.7 Å². The normalized spacial score (nSPS) is 11.4. The number of aliphatic hydroxyl groups excluding tert-OH is 1. The van der Waals surface area contributed by atoms with Crippen LogP contribution in [0.2, 0.25) is 0 Å². The molecule has 0 aromatic carbocycles. The van der Waals surface area contributed by atoms with Crippen LogP contribution in [0.5, 0.6) is 0 Å². The minimum absolute atomic E-state index is 0.0175. The molecule has 1 amide bonds. The summed E-state index contributed by atoms with van der Waals surface area (Å²) in [7, 11) is 0. The summed E-state index contributed by atoms with van der Waals surface area (Å²) in [5.41, 5.74) is 4.80. The second-order valence-electron chi connectivity index (χ2n) is 3.23. The highest BCUT2D eigenvalue weighted by atomic mass is 16.3. The van der Waals surface area contributed by atoms with E-state index >= 15 is 0 Å². The van der Waals surface area contributed by atoms with E-state index in [0.29, 0.717) is 13.0 Å². The third-order valence-corrected chi connectivity index (χ3v) is 2.43. The summed E-state index contributed by atoms with van der Waals surface area (Å²) in [5, 5.41) is 12.0. The molecule has 0 radical (unpaired) electrons. The molecular formula is C9H20N2O2. The smallest absolute Gasteiger partial charge is 0.221 e. The predicted octanol–water partition coefficient (Wildman–Crippen LogP) is 0.00250. The van der Waals surface area contributed by atoms with Crippen molar-refractivity contribution in [3.63, 3.8) is 0 Å². The van der Waals surface area contributed by atoms with Crippen molar-refractivity contribution in [2.45, 2.75) is 38.6 Å². The lowest BCUT2D eigenvalue weighted by molar-refractivity contribution is -0.123. The first kappa shape index (κ1) is 12.4. The van der Waals surface area contributed by atoms with Gasteiger partial charge < -0.3 is 16.2 Å². The maximum atomic E-state index is 11.2. The molecule has 0 aliphatic heterocycles. The molecule has 0 aromatic rings. The number of hydrogen-bond acceptors (Lipinski definition) is 3. The first-order valence-electron chi connectivity index (χ1n) is 4.76. The molecule has 0 rings (SSSR count). The van der Waals surface area contributed by atoms with Gasteiger partial charge in [-0.05, 0) is 12.8 Å². The molecule has 0 saturated carbocycles. The van der Waals surface area contributed by atoms with Gasteiger partial charge >= 0.3 is 0 Å². The van der Waals surface area contributed by atoms with E-state index in [1.165, 1.54) is 0 Å². The quantitative estimate of drug-likeness (QED) is 0.549. The SMILES string of the molecule is CCC(CC)(CO)NC(=O)CCN. The zero-order valence-electron chi connectivity index (χ0n) is 8.47. The predicted molar refractivity (Wildman–Crippen MR) is 52.2 cm³/mol. The van der Waals surface area contributed by atoms with E-state index in [1.807, 2.05) is 13.8 Å². The van der Waals surface area contributed by atoms with Crippen LogP contribution in [0.4, 0.5) is 0 Å². The fourth-order valence-corrected chi connectivity index (χ4v) is 1.18. The van der Waals surface area contributed by atoms with Crippen LogP contribution in [0, 0.1) is 0 Å². The Hall–Kier alpha value is -0.610. The summed E-state index contributed by atoms with van der Waals surface area (Å²) in [5.74, 6) is -0.0831. The number of rotatable bonds is 6. The van der Waals surface area contributed by atoms with E-state index in [9.17, 15) is 4.79 Å². The molecule has 4 nitrogen and oxygen atoms in total. The van der Waals surface area contributed by atoms with Crippen molar-refractivity contribution in [3.05, 3.63) is 0 Å². The maximum Gasteiger partial charge on any atom is 0.221 e. The van der Waals surface area contributed by atoms with E-state index in [0.717, 1.165) is 12.8 Å². The Labute approximate surface area is 79.5 Å². The molecule has 4 N–H and O–H groups in total.